The number of nitrogens with zero attached hydrogens (tertiary/aromatic N) is 2. The molecule has 0 amide bonds. The summed E-state index contributed by atoms with van der Waals surface area (Å²) < 4.78 is 39.9. The van der Waals surface area contributed by atoms with Crippen molar-refractivity contribution in [1.82, 2.24) is 10.2 Å². The molecule has 162 valence electrons. The van der Waals surface area contributed by atoms with E-state index in [9.17, 15) is 18.0 Å². The lowest BCUT2D eigenvalue weighted by Gasteiger charge is -2.14. The van der Waals surface area contributed by atoms with Crippen LogP contribution in [0.2, 0.25) is 0 Å². The van der Waals surface area contributed by atoms with Gasteiger partial charge in [0.2, 0.25) is 0 Å². The fourth-order valence-corrected chi connectivity index (χ4v) is 3.45. The summed E-state index contributed by atoms with van der Waals surface area (Å²) in [6.07, 6.45) is -4.00. The Bertz CT molecular complexity index is 1300. The molecule has 4 rings (SSSR count). The first kappa shape index (κ1) is 21.3. The van der Waals surface area contributed by atoms with Crippen molar-refractivity contribution in [3.63, 3.8) is 0 Å². The molecule has 0 spiro atoms. The first-order valence-corrected chi connectivity index (χ1v) is 9.83. The number of alkyl halides is 3. The Morgan fingerprint density at radius 2 is 1.66 bits per heavy atom. The van der Waals surface area contributed by atoms with Crippen molar-refractivity contribution in [3.8, 4) is 11.3 Å². The van der Waals surface area contributed by atoms with Crippen LogP contribution >= 0.6 is 0 Å². The maximum Gasteiger partial charge on any atom is 0.416 e. The van der Waals surface area contributed by atoms with Crippen LogP contribution in [-0.2, 0) is 12.6 Å². The van der Waals surface area contributed by atoms with Crippen LogP contribution in [0.15, 0.2) is 66.7 Å². The highest BCUT2D eigenvalue weighted by molar-refractivity contribution is 6.01. The summed E-state index contributed by atoms with van der Waals surface area (Å²) in [6, 6.07) is 17.4. The molecule has 0 fully saturated rings. The topological polar surface area (TPSA) is 75.1 Å². The second-order valence-corrected chi connectivity index (χ2v) is 7.22. The minimum atomic E-state index is -4.46. The number of carboxylic acids is 1. The van der Waals surface area contributed by atoms with E-state index >= 15 is 0 Å². The zero-order valence-corrected chi connectivity index (χ0v) is 16.9. The van der Waals surface area contributed by atoms with Gasteiger partial charge in [0, 0.05) is 22.0 Å². The Labute approximate surface area is 181 Å². The Hall–Kier alpha value is -3.94. The number of nitrogens with one attached hydrogen (secondary N) is 1. The molecule has 0 aliphatic heterocycles. The van der Waals surface area contributed by atoms with Crippen LogP contribution in [0.5, 0.6) is 0 Å². The van der Waals surface area contributed by atoms with Crippen LogP contribution in [0.4, 0.5) is 24.7 Å². The molecule has 0 atom stereocenters. The molecular weight excluding hydrogens is 419 g/mol. The number of carboxylic acid groups (broad SMARTS) is 1. The van der Waals surface area contributed by atoms with Crippen molar-refractivity contribution in [2.45, 2.75) is 19.5 Å². The highest BCUT2D eigenvalue weighted by atomic mass is 19.4. The fourth-order valence-electron chi connectivity index (χ4n) is 3.45. The number of halogens is 3. The van der Waals surface area contributed by atoms with Crippen LogP contribution in [0, 0.1) is 0 Å². The SMILES string of the molecule is CCc1cc(Nc2nnc(-c3ccc(C(=O)O)cc3)c3ccccc23)cc(C(F)(F)F)c1. The number of carbonyl (C=O) groups is 1. The number of rotatable bonds is 5. The molecule has 5 nitrogen and oxygen atoms in total. The van der Waals surface area contributed by atoms with Crippen molar-refractivity contribution >= 4 is 28.2 Å². The van der Waals surface area contributed by atoms with Gasteiger partial charge < -0.3 is 10.4 Å². The third-order valence-electron chi connectivity index (χ3n) is 5.08. The molecule has 0 aliphatic carbocycles. The van der Waals surface area contributed by atoms with E-state index in [1.54, 1.807) is 37.3 Å². The predicted octanol–water partition coefficient (Wildman–Crippen LogP) is 6.32. The molecule has 0 saturated carbocycles. The second kappa shape index (κ2) is 8.30. The van der Waals surface area contributed by atoms with Gasteiger partial charge in [-0.1, -0.05) is 43.3 Å². The van der Waals surface area contributed by atoms with E-state index in [-0.39, 0.29) is 11.3 Å². The van der Waals surface area contributed by atoms with Gasteiger partial charge in [-0.05, 0) is 42.3 Å². The first-order valence-electron chi connectivity index (χ1n) is 9.83. The van der Waals surface area contributed by atoms with E-state index in [0.29, 0.717) is 34.4 Å². The van der Waals surface area contributed by atoms with Gasteiger partial charge in [-0.3, -0.25) is 0 Å². The molecule has 8 heteroatoms. The monoisotopic (exact) mass is 437 g/mol. The molecule has 0 saturated heterocycles. The van der Waals surface area contributed by atoms with Gasteiger partial charge in [-0.25, -0.2) is 4.79 Å². The number of hydrogen-bond acceptors (Lipinski definition) is 4. The summed E-state index contributed by atoms with van der Waals surface area (Å²) in [5.74, 6) is -0.701. The molecule has 0 unspecified atom stereocenters. The summed E-state index contributed by atoms with van der Waals surface area (Å²) in [7, 11) is 0. The molecule has 1 heterocycles. The van der Waals surface area contributed by atoms with Gasteiger partial charge in [0.1, 0.15) is 5.69 Å². The van der Waals surface area contributed by atoms with Gasteiger partial charge in [0.25, 0.3) is 0 Å². The van der Waals surface area contributed by atoms with Gasteiger partial charge in [0.15, 0.2) is 5.82 Å². The van der Waals surface area contributed by atoms with Gasteiger partial charge in [0.05, 0.1) is 11.1 Å². The van der Waals surface area contributed by atoms with E-state index in [2.05, 4.69) is 15.5 Å². The average molecular weight is 437 g/mol. The molecule has 4 aromatic rings. The smallest absolute Gasteiger partial charge is 0.416 e. The van der Waals surface area contributed by atoms with Crippen molar-refractivity contribution in [2.24, 2.45) is 0 Å². The van der Waals surface area contributed by atoms with Gasteiger partial charge >= 0.3 is 12.1 Å². The maximum atomic E-state index is 13.3. The minimum absolute atomic E-state index is 0.153. The molecule has 0 aliphatic rings. The summed E-state index contributed by atoms with van der Waals surface area (Å²) in [4.78, 5) is 11.1. The Morgan fingerprint density at radius 3 is 2.28 bits per heavy atom. The molecule has 2 N–H and O–H groups in total. The van der Waals surface area contributed by atoms with E-state index in [0.717, 1.165) is 17.5 Å². The molecule has 3 aromatic carbocycles. The average Bonchev–Trinajstić information content (AvgIpc) is 2.78. The van der Waals surface area contributed by atoms with E-state index < -0.39 is 17.7 Å². The van der Waals surface area contributed by atoms with Gasteiger partial charge in [-0.2, -0.15) is 13.2 Å². The van der Waals surface area contributed by atoms with Crippen molar-refractivity contribution < 1.29 is 23.1 Å². The zero-order valence-electron chi connectivity index (χ0n) is 16.9. The third kappa shape index (κ3) is 4.25. The number of anilines is 2. The largest absolute Gasteiger partial charge is 0.478 e. The molecular formula is C24H18F3N3O2. The van der Waals surface area contributed by atoms with E-state index in [4.69, 9.17) is 5.11 Å². The van der Waals surface area contributed by atoms with Crippen LogP contribution in [0.25, 0.3) is 22.0 Å². The highest BCUT2D eigenvalue weighted by Gasteiger charge is 2.31. The van der Waals surface area contributed by atoms with Crippen LogP contribution in [-0.4, -0.2) is 21.3 Å². The van der Waals surface area contributed by atoms with Crippen molar-refractivity contribution in [2.75, 3.05) is 5.32 Å². The first-order chi connectivity index (χ1) is 15.3. The molecule has 32 heavy (non-hydrogen) atoms. The Kier molecular flexibility index (Phi) is 5.52. The quantitative estimate of drug-likeness (QED) is 0.382. The number of aromatic carboxylic acids is 1. The van der Waals surface area contributed by atoms with Crippen molar-refractivity contribution in [3.05, 3.63) is 83.4 Å². The fraction of sp³-hybridized carbons (Fsp3) is 0.125. The zero-order chi connectivity index (χ0) is 22.9. The number of benzene rings is 3. The Morgan fingerprint density at radius 1 is 0.969 bits per heavy atom. The normalized spacial score (nSPS) is 11.5. The predicted molar refractivity (Wildman–Crippen MR) is 116 cm³/mol. The summed E-state index contributed by atoms with van der Waals surface area (Å²) in [5, 5.41) is 22.0. The number of fused-ring (bicyclic) bond motifs is 1. The standard InChI is InChI=1S/C24H18F3N3O2/c1-2-14-11-17(24(25,26)27)13-18(12-14)28-22-20-6-4-3-5-19(20)21(29-30-22)15-7-9-16(10-8-15)23(31)32/h3-13H,2H2,1H3,(H,28,30)(H,31,32). The lowest BCUT2D eigenvalue weighted by atomic mass is 10.0. The van der Waals surface area contributed by atoms with Crippen LogP contribution in [0.3, 0.4) is 0 Å². The van der Waals surface area contributed by atoms with E-state index in [1.807, 2.05) is 12.1 Å². The third-order valence-corrected chi connectivity index (χ3v) is 5.08. The molecule has 0 bridgehead atoms. The van der Waals surface area contributed by atoms with E-state index in [1.165, 1.54) is 12.1 Å². The molecule has 0 radical (unpaired) electrons. The Balaban J connectivity index is 1.78. The molecule has 1 aromatic heterocycles. The van der Waals surface area contributed by atoms with Crippen molar-refractivity contribution in [1.29, 1.82) is 0 Å². The van der Waals surface area contributed by atoms with Crippen LogP contribution in [0.1, 0.15) is 28.4 Å². The minimum Gasteiger partial charge on any atom is -0.478 e. The summed E-state index contributed by atoms with van der Waals surface area (Å²) in [5.41, 5.74) is 1.47. The second-order valence-electron chi connectivity index (χ2n) is 7.22. The van der Waals surface area contributed by atoms with Gasteiger partial charge in [-0.15, -0.1) is 10.2 Å². The lowest BCUT2D eigenvalue weighted by molar-refractivity contribution is -0.137. The lowest BCUT2D eigenvalue weighted by Crippen LogP contribution is -2.07. The summed E-state index contributed by atoms with van der Waals surface area (Å²) >= 11 is 0. The van der Waals surface area contributed by atoms with Crippen LogP contribution < -0.4 is 5.32 Å². The number of aryl methyl sites for hydroxylation is 1. The summed E-state index contributed by atoms with van der Waals surface area (Å²) in [6.45, 7) is 1.79. The number of hydrogen-bond donors (Lipinski definition) is 2. The maximum absolute atomic E-state index is 13.3. The number of aromatic nitrogens is 2. The highest BCUT2D eigenvalue weighted by Crippen LogP contribution is 2.35.